The first-order valence-corrected chi connectivity index (χ1v) is 5.42. The molecule has 0 bridgehead atoms. The smallest absolute Gasteiger partial charge is 0.241 e. The Bertz CT molecular complexity index is 240. The van der Waals surface area contributed by atoms with Gasteiger partial charge in [-0.15, -0.1) is 12.4 Å². The number of amides is 2. The van der Waals surface area contributed by atoms with E-state index >= 15 is 0 Å². The van der Waals surface area contributed by atoms with E-state index in [-0.39, 0.29) is 30.8 Å². The standard InChI is InChI=1S/C10H19N3O2.ClH/c1-8(11)10(15)12-7-9(14)13-5-3-2-4-6-13;/h8H,2-7,11H2,1H3,(H,12,15);1H. The molecule has 0 spiro atoms. The van der Waals surface area contributed by atoms with Crippen molar-refractivity contribution in [2.45, 2.75) is 32.2 Å². The summed E-state index contributed by atoms with van der Waals surface area (Å²) in [4.78, 5) is 24.5. The monoisotopic (exact) mass is 249 g/mol. The van der Waals surface area contributed by atoms with Crippen molar-refractivity contribution in [1.29, 1.82) is 0 Å². The Labute approximate surface area is 102 Å². The summed E-state index contributed by atoms with van der Waals surface area (Å²) in [5.74, 6) is -0.288. The molecule has 0 radical (unpaired) electrons. The van der Waals surface area contributed by atoms with E-state index in [2.05, 4.69) is 5.32 Å². The predicted octanol–water partition coefficient (Wildman–Crippen LogP) is -0.116. The number of piperidine rings is 1. The van der Waals surface area contributed by atoms with E-state index < -0.39 is 6.04 Å². The van der Waals surface area contributed by atoms with Crippen molar-refractivity contribution in [2.24, 2.45) is 5.73 Å². The third-order valence-electron chi connectivity index (χ3n) is 2.54. The van der Waals surface area contributed by atoms with Crippen LogP contribution >= 0.6 is 12.4 Å². The first kappa shape index (κ1) is 15.2. The van der Waals surface area contributed by atoms with Crippen LogP contribution in [-0.2, 0) is 9.59 Å². The lowest BCUT2D eigenvalue weighted by Gasteiger charge is -2.26. The van der Waals surface area contributed by atoms with Crippen molar-refractivity contribution in [3.05, 3.63) is 0 Å². The fourth-order valence-corrected chi connectivity index (χ4v) is 1.58. The molecule has 0 aliphatic carbocycles. The molecule has 0 saturated carbocycles. The van der Waals surface area contributed by atoms with Gasteiger partial charge in [-0.05, 0) is 26.2 Å². The third kappa shape index (κ3) is 4.81. The van der Waals surface area contributed by atoms with Crippen LogP contribution in [0.15, 0.2) is 0 Å². The lowest BCUT2D eigenvalue weighted by Crippen LogP contribution is -2.46. The van der Waals surface area contributed by atoms with Crippen molar-refractivity contribution in [3.8, 4) is 0 Å². The number of nitrogens with two attached hydrogens (primary N) is 1. The van der Waals surface area contributed by atoms with Crippen LogP contribution in [-0.4, -0.2) is 42.4 Å². The molecule has 5 nitrogen and oxygen atoms in total. The molecule has 1 saturated heterocycles. The van der Waals surface area contributed by atoms with E-state index in [4.69, 9.17) is 5.73 Å². The van der Waals surface area contributed by atoms with Crippen LogP contribution in [0.1, 0.15) is 26.2 Å². The summed E-state index contributed by atoms with van der Waals surface area (Å²) < 4.78 is 0. The van der Waals surface area contributed by atoms with Gasteiger partial charge < -0.3 is 16.0 Å². The molecule has 1 atom stereocenters. The second kappa shape index (κ2) is 7.46. The van der Waals surface area contributed by atoms with E-state index in [1.165, 1.54) is 6.42 Å². The molecule has 16 heavy (non-hydrogen) atoms. The number of nitrogens with zero attached hydrogens (tertiary/aromatic N) is 1. The Kier molecular flexibility index (Phi) is 7.08. The third-order valence-corrected chi connectivity index (χ3v) is 2.54. The summed E-state index contributed by atoms with van der Waals surface area (Å²) in [5, 5.41) is 2.52. The Balaban J connectivity index is 0.00000225. The lowest BCUT2D eigenvalue weighted by molar-refractivity contribution is -0.133. The second-order valence-corrected chi connectivity index (χ2v) is 3.95. The van der Waals surface area contributed by atoms with Gasteiger partial charge in [-0.25, -0.2) is 0 Å². The quantitative estimate of drug-likeness (QED) is 0.733. The number of nitrogens with one attached hydrogen (secondary N) is 1. The fraction of sp³-hybridized carbons (Fsp3) is 0.800. The molecular formula is C10H20ClN3O2. The number of carbonyl (C=O) groups is 2. The van der Waals surface area contributed by atoms with E-state index in [1.54, 1.807) is 11.8 Å². The van der Waals surface area contributed by atoms with Gasteiger partial charge in [0.25, 0.3) is 0 Å². The van der Waals surface area contributed by atoms with Crippen LogP contribution in [0, 0.1) is 0 Å². The van der Waals surface area contributed by atoms with Gasteiger partial charge >= 0.3 is 0 Å². The van der Waals surface area contributed by atoms with E-state index in [0.717, 1.165) is 25.9 Å². The Morgan fingerprint density at radius 2 is 1.88 bits per heavy atom. The second-order valence-electron chi connectivity index (χ2n) is 3.95. The van der Waals surface area contributed by atoms with Gasteiger partial charge in [-0.2, -0.15) is 0 Å². The normalized spacial score (nSPS) is 17.2. The SMILES string of the molecule is CC(N)C(=O)NCC(=O)N1CCCCC1.Cl. The van der Waals surface area contributed by atoms with Crippen LogP contribution in [0.3, 0.4) is 0 Å². The van der Waals surface area contributed by atoms with Gasteiger partial charge in [0.1, 0.15) is 0 Å². The first-order chi connectivity index (χ1) is 7.11. The van der Waals surface area contributed by atoms with Gasteiger partial charge in [0.2, 0.25) is 11.8 Å². The molecular weight excluding hydrogens is 230 g/mol. The van der Waals surface area contributed by atoms with Crippen molar-refractivity contribution in [3.63, 3.8) is 0 Å². The molecule has 0 aromatic heterocycles. The van der Waals surface area contributed by atoms with Gasteiger partial charge in [0, 0.05) is 13.1 Å². The number of halogens is 1. The molecule has 94 valence electrons. The molecule has 0 aromatic rings. The molecule has 3 N–H and O–H groups in total. The summed E-state index contributed by atoms with van der Waals surface area (Å²) in [6, 6.07) is -0.556. The van der Waals surface area contributed by atoms with Crippen LogP contribution in [0.4, 0.5) is 0 Å². The minimum Gasteiger partial charge on any atom is -0.346 e. The maximum absolute atomic E-state index is 11.6. The van der Waals surface area contributed by atoms with Crippen LogP contribution in [0.2, 0.25) is 0 Å². The zero-order chi connectivity index (χ0) is 11.3. The zero-order valence-electron chi connectivity index (χ0n) is 9.57. The van der Waals surface area contributed by atoms with E-state index in [9.17, 15) is 9.59 Å². The summed E-state index contributed by atoms with van der Waals surface area (Å²) in [6.07, 6.45) is 3.32. The zero-order valence-corrected chi connectivity index (χ0v) is 10.4. The molecule has 1 rings (SSSR count). The summed E-state index contributed by atoms with van der Waals surface area (Å²) >= 11 is 0. The average Bonchev–Trinajstić information content (AvgIpc) is 2.26. The van der Waals surface area contributed by atoms with E-state index in [0.29, 0.717) is 0 Å². The summed E-state index contributed by atoms with van der Waals surface area (Å²) in [5.41, 5.74) is 5.36. The van der Waals surface area contributed by atoms with Crippen molar-refractivity contribution < 1.29 is 9.59 Å². The number of hydrogen-bond donors (Lipinski definition) is 2. The average molecular weight is 250 g/mol. The Hall–Kier alpha value is -0.810. The van der Waals surface area contributed by atoms with Crippen LogP contribution in [0.5, 0.6) is 0 Å². The highest BCUT2D eigenvalue weighted by molar-refractivity contribution is 5.87. The topological polar surface area (TPSA) is 75.4 Å². The number of carbonyl (C=O) groups excluding carboxylic acids is 2. The van der Waals surface area contributed by atoms with Gasteiger partial charge in [0.15, 0.2) is 0 Å². The van der Waals surface area contributed by atoms with Gasteiger partial charge in [-0.3, -0.25) is 9.59 Å². The van der Waals surface area contributed by atoms with Crippen molar-refractivity contribution >= 4 is 24.2 Å². The molecule has 2 amide bonds. The molecule has 6 heteroatoms. The van der Waals surface area contributed by atoms with Gasteiger partial charge in [-0.1, -0.05) is 0 Å². The number of hydrogen-bond acceptors (Lipinski definition) is 3. The summed E-state index contributed by atoms with van der Waals surface area (Å²) in [7, 11) is 0. The highest BCUT2D eigenvalue weighted by Crippen LogP contribution is 2.08. The van der Waals surface area contributed by atoms with Crippen LogP contribution in [0.25, 0.3) is 0 Å². The summed E-state index contributed by atoms with van der Waals surface area (Å²) in [6.45, 7) is 3.29. The number of rotatable bonds is 3. The largest absolute Gasteiger partial charge is 0.346 e. The molecule has 1 fully saturated rings. The van der Waals surface area contributed by atoms with Gasteiger partial charge in [0.05, 0.1) is 12.6 Å². The van der Waals surface area contributed by atoms with Crippen LogP contribution < -0.4 is 11.1 Å². The molecule has 1 aliphatic heterocycles. The first-order valence-electron chi connectivity index (χ1n) is 5.42. The minimum absolute atomic E-state index is 0. The van der Waals surface area contributed by atoms with E-state index in [1.807, 2.05) is 0 Å². The minimum atomic E-state index is -0.556. The lowest BCUT2D eigenvalue weighted by atomic mass is 10.1. The maximum Gasteiger partial charge on any atom is 0.241 e. The highest BCUT2D eigenvalue weighted by atomic mass is 35.5. The molecule has 0 aromatic carbocycles. The highest BCUT2D eigenvalue weighted by Gasteiger charge is 2.17. The molecule has 1 aliphatic rings. The van der Waals surface area contributed by atoms with Crippen molar-refractivity contribution in [2.75, 3.05) is 19.6 Å². The predicted molar refractivity (Wildman–Crippen MR) is 64.3 cm³/mol. The maximum atomic E-state index is 11.6. The Morgan fingerprint density at radius 1 is 1.31 bits per heavy atom. The fourth-order valence-electron chi connectivity index (χ4n) is 1.58. The molecule has 1 unspecified atom stereocenters. The Morgan fingerprint density at radius 3 is 2.38 bits per heavy atom. The van der Waals surface area contributed by atoms with Crippen molar-refractivity contribution in [1.82, 2.24) is 10.2 Å². The number of likely N-dealkylation sites (tertiary alicyclic amines) is 1. The molecule has 1 heterocycles.